The predicted octanol–water partition coefficient (Wildman–Crippen LogP) is 3.23. The maximum Gasteiger partial charge on any atom is 0.332 e. The molecular weight excluding hydrogens is 418 g/mol. The van der Waals surface area contributed by atoms with Crippen LogP contribution in [0.4, 0.5) is 5.69 Å². The summed E-state index contributed by atoms with van der Waals surface area (Å²) in [4.78, 5) is 47.2. The summed E-state index contributed by atoms with van der Waals surface area (Å²) < 4.78 is 2.16. The molecule has 0 radical (unpaired) electrons. The molecule has 0 atom stereocenters. The number of carbonyl (C=O) groups is 1. The number of rotatable bonds is 5. The van der Waals surface area contributed by atoms with Gasteiger partial charge in [-0.2, -0.15) is 0 Å². The summed E-state index contributed by atoms with van der Waals surface area (Å²) in [5.74, 6) is 0.322. The number of nitrogens with zero attached hydrogens (tertiary/aromatic N) is 4. The number of amides is 1. The minimum atomic E-state index is -0.619. The number of hydrogen-bond acceptors (Lipinski definition) is 5. The third-order valence-electron chi connectivity index (χ3n) is 5.55. The van der Waals surface area contributed by atoms with Crippen LogP contribution in [0, 0.1) is 6.92 Å². The van der Waals surface area contributed by atoms with Gasteiger partial charge in [0, 0.05) is 24.5 Å². The van der Waals surface area contributed by atoms with Crippen molar-refractivity contribution < 1.29 is 4.79 Å². The molecule has 33 heavy (non-hydrogen) atoms. The maximum atomic E-state index is 13.0. The Labute approximate surface area is 190 Å². The first-order valence-corrected chi connectivity index (χ1v) is 10.7. The van der Waals surface area contributed by atoms with E-state index in [9.17, 15) is 14.4 Å². The van der Waals surface area contributed by atoms with Crippen molar-refractivity contribution in [3.05, 3.63) is 86.7 Å². The van der Waals surface area contributed by atoms with Crippen molar-refractivity contribution in [1.29, 1.82) is 0 Å². The van der Waals surface area contributed by atoms with Crippen molar-refractivity contribution in [2.45, 2.75) is 33.2 Å². The van der Waals surface area contributed by atoms with E-state index < -0.39 is 23.7 Å². The van der Waals surface area contributed by atoms with Gasteiger partial charge in [0.1, 0.15) is 11.9 Å². The summed E-state index contributed by atoms with van der Waals surface area (Å²) in [6.45, 7) is 5.74. The molecule has 8 nitrogen and oxygen atoms in total. The van der Waals surface area contributed by atoms with Crippen LogP contribution in [-0.4, -0.2) is 25.0 Å². The zero-order valence-corrected chi connectivity index (χ0v) is 19.0. The van der Waals surface area contributed by atoms with Gasteiger partial charge in [-0.25, -0.2) is 14.8 Å². The lowest BCUT2D eigenvalue weighted by molar-refractivity contribution is -0.116. The highest BCUT2D eigenvalue weighted by Crippen LogP contribution is 2.18. The average Bonchev–Trinajstić information content (AvgIpc) is 2.81. The summed E-state index contributed by atoms with van der Waals surface area (Å²) in [7, 11) is 1.52. The maximum absolute atomic E-state index is 13.0. The van der Waals surface area contributed by atoms with E-state index in [2.05, 4.69) is 29.1 Å². The summed E-state index contributed by atoms with van der Waals surface area (Å²) in [6, 6.07) is 15.1. The Morgan fingerprint density at radius 2 is 1.70 bits per heavy atom. The molecule has 0 aliphatic carbocycles. The number of carbonyl (C=O) groups excluding carboxylic acids is 1. The fourth-order valence-corrected chi connectivity index (χ4v) is 3.56. The molecule has 4 rings (SSSR count). The monoisotopic (exact) mass is 443 g/mol. The molecule has 0 aliphatic rings. The summed E-state index contributed by atoms with van der Waals surface area (Å²) in [5, 5.41) is 2.90. The first kappa shape index (κ1) is 22.1. The molecule has 4 aromatic rings. The van der Waals surface area contributed by atoms with E-state index in [1.807, 2.05) is 43.3 Å². The van der Waals surface area contributed by atoms with Crippen molar-refractivity contribution in [1.82, 2.24) is 19.1 Å². The SMILES string of the molecule is Cc1ccc(-c2ncc3c(=O)n(CC(=O)Nc4ccc(C(C)C)cc4)c(=O)n(C)c3n2)cc1. The Bertz CT molecular complexity index is 1450. The Hall–Kier alpha value is -4.07. The Morgan fingerprint density at radius 3 is 2.33 bits per heavy atom. The molecule has 0 bridgehead atoms. The van der Waals surface area contributed by atoms with E-state index in [4.69, 9.17) is 0 Å². The second-order valence-electron chi connectivity index (χ2n) is 8.35. The highest BCUT2D eigenvalue weighted by atomic mass is 16.2. The number of benzene rings is 2. The molecule has 0 spiro atoms. The first-order chi connectivity index (χ1) is 15.7. The van der Waals surface area contributed by atoms with E-state index in [1.54, 1.807) is 12.1 Å². The molecule has 0 saturated heterocycles. The summed E-state index contributed by atoms with van der Waals surface area (Å²) >= 11 is 0. The van der Waals surface area contributed by atoms with Crippen LogP contribution in [0.15, 0.2) is 64.3 Å². The normalized spacial score (nSPS) is 11.2. The Balaban J connectivity index is 1.65. The lowest BCUT2D eigenvalue weighted by Crippen LogP contribution is -2.42. The topological polar surface area (TPSA) is 98.9 Å². The van der Waals surface area contributed by atoms with Crippen LogP contribution in [0.3, 0.4) is 0 Å². The van der Waals surface area contributed by atoms with Crippen molar-refractivity contribution in [3.63, 3.8) is 0 Å². The second kappa shape index (κ2) is 8.82. The number of anilines is 1. The number of hydrogen-bond donors (Lipinski definition) is 1. The van der Waals surface area contributed by atoms with Crippen molar-refractivity contribution in [3.8, 4) is 11.4 Å². The first-order valence-electron chi connectivity index (χ1n) is 10.7. The summed E-state index contributed by atoms with van der Waals surface area (Å²) in [6.07, 6.45) is 1.40. The zero-order chi connectivity index (χ0) is 23.7. The van der Waals surface area contributed by atoms with Crippen LogP contribution in [-0.2, 0) is 18.4 Å². The number of aryl methyl sites for hydroxylation is 2. The molecule has 1 N–H and O–H groups in total. The predicted molar refractivity (Wildman–Crippen MR) is 128 cm³/mol. The van der Waals surface area contributed by atoms with Gasteiger partial charge in [-0.1, -0.05) is 55.8 Å². The molecule has 0 saturated carbocycles. The van der Waals surface area contributed by atoms with Gasteiger partial charge in [-0.3, -0.25) is 18.7 Å². The molecule has 2 aromatic carbocycles. The fraction of sp³-hybridized carbons (Fsp3) is 0.240. The number of fused-ring (bicyclic) bond motifs is 1. The van der Waals surface area contributed by atoms with Crippen LogP contribution in [0.25, 0.3) is 22.4 Å². The smallest absolute Gasteiger partial charge is 0.325 e. The minimum Gasteiger partial charge on any atom is -0.325 e. The van der Waals surface area contributed by atoms with E-state index in [-0.39, 0.29) is 11.0 Å². The largest absolute Gasteiger partial charge is 0.332 e. The van der Waals surface area contributed by atoms with E-state index in [0.717, 1.165) is 21.3 Å². The van der Waals surface area contributed by atoms with Gasteiger partial charge >= 0.3 is 5.69 Å². The van der Waals surface area contributed by atoms with Crippen molar-refractivity contribution >= 4 is 22.6 Å². The molecule has 168 valence electrons. The van der Waals surface area contributed by atoms with Gasteiger partial charge in [0.2, 0.25) is 5.91 Å². The standard InChI is InChI=1S/C25H25N5O3/c1-15(2)17-9-11-19(12-10-17)27-21(31)14-30-24(32)20-13-26-22(18-7-5-16(3)6-8-18)28-23(20)29(4)25(30)33/h5-13,15H,14H2,1-4H3,(H,27,31). The summed E-state index contributed by atoms with van der Waals surface area (Å²) in [5.41, 5.74) is 2.63. The molecule has 0 unspecified atom stereocenters. The molecule has 0 aliphatic heterocycles. The third kappa shape index (κ3) is 4.45. The Morgan fingerprint density at radius 1 is 1.03 bits per heavy atom. The van der Waals surface area contributed by atoms with E-state index in [1.165, 1.54) is 17.8 Å². The highest BCUT2D eigenvalue weighted by Gasteiger charge is 2.16. The van der Waals surface area contributed by atoms with Crippen LogP contribution < -0.4 is 16.6 Å². The van der Waals surface area contributed by atoms with Gasteiger partial charge in [0.05, 0.1) is 0 Å². The second-order valence-corrected chi connectivity index (χ2v) is 8.35. The number of nitrogens with one attached hydrogen (secondary N) is 1. The zero-order valence-electron chi connectivity index (χ0n) is 19.0. The van der Waals surface area contributed by atoms with Crippen molar-refractivity contribution in [2.75, 3.05) is 5.32 Å². The molecule has 2 aromatic heterocycles. The van der Waals surface area contributed by atoms with Crippen molar-refractivity contribution in [2.24, 2.45) is 7.05 Å². The van der Waals surface area contributed by atoms with E-state index >= 15 is 0 Å². The highest BCUT2D eigenvalue weighted by molar-refractivity contribution is 5.90. The quantitative estimate of drug-likeness (QED) is 0.511. The molecule has 0 fully saturated rings. The molecule has 1 amide bonds. The van der Waals surface area contributed by atoms with Crippen LogP contribution >= 0.6 is 0 Å². The lowest BCUT2D eigenvalue weighted by atomic mass is 10.0. The van der Waals surface area contributed by atoms with Gasteiger partial charge in [-0.05, 0) is 30.5 Å². The Kier molecular flexibility index (Phi) is 5.91. The lowest BCUT2D eigenvalue weighted by Gasteiger charge is -2.12. The van der Waals surface area contributed by atoms with Gasteiger partial charge < -0.3 is 5.32 Å². The third-order valence-corrected chi connectivity index (χ3v) is 5.55. The van der Waals surface area contributed by atoms with E-state index in [0.29, 0.717) is 17.4 Å². The van der Waals surface area contributed by atoms with Crippen LogP contribution in [0.5, 0.6) is 0 Å². The minimum absolute atomic E-state index is 0.169. The number of aromatic nitrogens is 4. The molecule has 2 heterocycles. The van der Waals surface area contributed by atoms with Gasteiger partial charge in [0.25, 0.3) is 5.56 Å². The van der Waals surface area contributed by atoms with Gasteiger partial charge in [0.15, 0.2) is 11.5 Å². The van der Waals surface area contributed by atoms with Gasteiger partial charge in [-0.15, -0.1) is 0 Å². The average molecular weight is 444 g/mol. The van der Waals surface area contributed by atoms with Crippen LogP contribution in [0.1, 0.15) is 30.9 Å². The molecule has 8 heteroatoms. The van der Waals surface area contributed by atoms with Crippen LogP contribution in [0.2, 0.25) is 0 Å². The molecular formula is C25H25N5O3. The fourth-order valence-electron chi connectivity index (χ4n) is 3.56.